The van der Waals surface area contributed by atoms with Gasteiger partial charge in [0.05, 0.1) is 6.10 Å². The van der Waals surface area contributed by atoms with Crippen molar-refractivity contribution in [3.05, 3.63) is 0 Å². The predicted molar refractivity (Wildman–Crippen MR) is 176 cm³/mol. The summed E-state index contributed by atoms with van der Waals surface area (Å²) in [4.78, 5) is 76.9. The van der Waals surface area contributed by atoms with Crippen molar-refractivity contribution < 1.29 is 39.0 Å². The lowest BCUT2D eigenvalue weighted by atomic mass is 10.0. The lowest BCUT2D eigenvalue weighted by molar-refractivity contribution is -0.142. The molecule has 0 aliphatic rings. The first-order valence-electron chi connectivity index (χ1n) is 16.4. The molecule has 0 bridgehead atoms. The molecule has 0 heterocycles. The van der Waals surface area contributed by atoms with E-state index in [9.17, 15) is 39.0 Å². The highest BCUT2D eigenvalue weighted by Crippen LogP contribution is 2.09. The van der Waals surface area contributed by atoms with E-state index in [1.807, 2.05) is 0 Å². The van der Waals surface area contributed by atoms with Crippen LogP contribution in [0.25, 0.3) is 0 Å². The Balaban J connectivity index is 5.70. The van der Waals surface area contributed by atoms with E-state index in [0.29, 0.717) is 58.2 Å². The molecule has 0 saturated carbocycles. The molecule has 15 N–H and O–H groups in total. The number of hydrogen-bond acceptors (Lipinski definition) is 11. The van der Waals surface area contributed by atoms with E-state index in [1.165, 1.54) is 13.8 Å². The Labute approximate surface area is 277 Å². The second-order valence-electron chi connectivity index (χ2n) is 12.1. The molecule has 0 fully saturated rings. The van der Waals surface area contributed by atoms with E-state index in [1.54, 1.807) is 13.8 Å². The van der Waals surface area contributed by atoms with Gasteiger partial charge in [0, 0.05) is 0 Å². The Morgan fingerprint density at radius 1 is 0.553 bits per heavy atom. The van der Waals surface area contributed by atoms with Crippen LogP contribution in [0.2, 0.25) is 0 Å². The van der Waals surface area contributed by atoms with E-state index >= 15 is 0 Å². The molecule has 0 spiro atoms. The number of amides is 5. The minimum Gasteiger partial charge on any atom is -0.480 e. The monoisotopic (exact) mass is 673 g/mol. The van der Waals surface area contributed by atoms with E-state index in [0.717, 1.165) is 0 Å². The van der Waals surface area contributed by atoms with Crippen molar-refractivity contribution in [1.82, 2.24) is 26.6 Å². The van der Waals surface area contributed by atoms with Crippen LogP contribution in [0.4, 0.5) is 0 Å². The maximum absolute atomic E-state index is 13.3. The molecule has 0 unspecified atom stereocenters. The number of hydrogen-bond donors (Lipinski definition) is 11. The van der Waals surface area contributed by atoms with Crippen molar-refractivity contribution in [2.75, 3.05) is 19.6 Å². The Morgan fingerprint density at radius 3 is 1.36 bits per heavy atom. The number of carbonyl (C=O) groups is 6. The van der Waals surface area contributed by atoms with E-state index < -0.39 is 83.8 Å². The highest BCUT2D eigenvalue weighted by Gasteiger charge is 2.32. The van der Waals surface area contributed by atoms with Gasteiger partial charge < -0.3 is 59.7 Å². The number of carboxylic acid groups (broad SMARTS) is 1. The largest absolute Gasteiger partial charge is 0.480 e. The molecular formula is C30H59N9O8. The molecule has 0 radical (unpaired) electrons. The highest BCUT2D eigenvalue weighted by molar-refractivity contribution is 5.96. The summed E-state index contributed by atoms with van der Waals surface area (Å²) in [6.45, 7) is 7.21. The number of aliphatic hydroxyl groups excluding tert-OH is 1. The molecule has 17 heteroatoms. The normalized spacial score (nSPS) is 15.7. The van der Waals surface area contributed by atoms with E-state index in [2.05, 4.69) is 26.6 Å². The van der Waals surface area contributed by atoms with Gasteiger partial charge in [-0.15, -0.1) is 0 Å². The van der Waals surface area contributed by atoms with Crippen LogP contribution in [0.15, 0.2) is 0 Å². The number of carboxylic acids is 1. The van der Waals surface area contributed by atoms with E-state index in [-0.39, 0.29) is 19.3 Å². The molecule has 5 amide bonds. The molecule has 7 atom stereocenters. The zero-order chi connectivity index (χ0) is 36.1. The van der Waals surface area contributed by atoms with Crippen molar-refractivity contribution in [3.63, 3.8) is 0 Å². The minimum absolute atomic E-state index is 0.172. The highest BCUT2D eigenvalue weighted by atomic mass is 16.4. The van der Waals surface area contributed by atoms with Crippen LogP contribution in [-0.2, 0) is 28.8 Å². The van der Waals surface area contributed by atoms with Gasteiger partial charge in [-0.3, -0.25) is 24.0 Å². The number of aliphatic carboxylic acids is 1. The summed E-state index contributed by atoms with van der Waals surface area (Å²) >= 11 is 0. The summed E-state index contributed by atoms with van der Waals surface area (Å²) in [7, 11) is 0. The Morgan fingerprint density at radius 2 is 0.957 bits per heavy atom. The Kier molecular flexibility index (Phi) is 22.1. The number of carbonyl (C=O) groups excluding carboxylic acids is 5. The van der Waals surface area contributed by atoms with E-state index in [4.69, 9.17) is 22.9 Å². The fraction of sp³-hybridized carbons (Fsp3) is 0.800. The first-order valence-corrected chi connectivity index (χ1v) is 16.4. The molecule has 47 heavy (non-hydrogen) atoms. The second kappa shape index (κ2) is 23.9. The van der Waals surface area contributed by atoms with Gasteiger partial charge in [-0.05, 0) is 97.2 Å². The molecule has 0 rings (SSSR count). The number of unbranched alkanes of at least 4 members (excludes halogenated alkanes) is 3. The predicted octanol–water partition coefficient (Wildman–Crippen LogP) is -2.73. The molecule has 0 aliphatic carbocycles. The summed E-state index contributed by atoms with van der Waals surface area (Å²) in [5, 5.41) is 32.0. The van der Waals surface area contributed by atoms with Crippen LogP contribution in [0.1, 0.15) is 85.5 Å². The van der Waals surface area contributed by atoms with Crippen molar-refractivity contribution in [3.8, 4) is 0 Å². The summed E-state index contributed by atoms with van der Waals surface area (Å²) in [6.07, 6.45) is 2.58. The van der Waals surface area contributed by atoms with Crippen LogP contribution >= 0.6 is 0 Å². The van der Waals surface area contributed by atoms with Crippen molar-refractivity contribution >= 4 is 35.5 Å². The van der Waals surface area contributed by atoms with Crippen LogP contribution in [0.3, 0.4) is 0 Å². The van der Waals surface area contributed by atoms with Crippen molar-refractivity contribution in [1.29, 1.82) is 0 Å². The molecule has 272 valence electrons. The third-order valence-corrected chi connectivity index (χ3v) is 7.54. The maximum atomic E-state index is 13.3. The summed E-state index contributed by atoms with van der Waals surface area (Å²) in [6, 6.07) is -6.84. The second-order valence-corrected chi connectivity index (χ2v) is 12.1. The van der Waals surface area contributed by atoms with Gasteiger partial charge in [0.15, 0.2) is 0 Å². The first kappa shape index (κ1) is 43.6. The number of nitrogens with one attached hydrogen (secondary N) is 5. The fourth-order valence-electron chi connectivity index (χ4n) is 4.49. The number of rotatable bonds is 25. The topological polar surface area (TPSA) is 307 Å². The summed E-state index contributed by atoms with van der Waals surface area (Å²) in [5.41, 5.74) is 22.4. The fourth-order valence-corrected chi connectivity index (χ4v) is 4.49. The molecule has 0 aromatic carbocycles. The third kappa shape index (κ3) is 17.4. The molecule has 0 aromatic rings. The smallest absolute Gasteiger partial charge is 0.326 e. The van der Waals surface area contributed by atoms with Crippen LogP contribution in [0, 0.1) is 5.92 Å². The third-order valence-electron chi connectivity index (χ3n) is 7.54. The zero-order valence-electron chi connectivity index (χ0n) is 28.3. The Bertz CT molecular complexity index is 998. The first-order chi connectivity index (χ1) is 22.1. The molecule has 0 aromatic heterocycles. The summed E-state index contributed by atoms with van der Waals surface area (Å²) in [5.74, 6) is -5.09. The maximum Gasteiger partial charge on any atom is 0.326 e. The molecule has 17 nitrogen and oxygen atoms in total. The van der Waals surface area contributed by atoms with Crippen LogP contribution in [0.5, 0.6) is 0 Å². The van der Waals surface area contributed by atoms with Crippen LogP contribution in [-0.4, -0.2) is 108 Å². The average Bonchev–Trinajstić information content (AvgIpc) is 3.01. The molecule has 0 aliphatic heterocycles. The van der Waals surface area contributed by atoms with Gasteiger partial charge in [0.1, 0.15) is 36.3 Å². The lowest BCUT2D eigenvalue weighted by Crippen LogP contribution is -2.59. The number of aliphatic hydroxyl groups is 1. The van der Waals surface area contributed by atoms with Crippen LogP contribution < -0.4 is 49.5 Å². The minimum atomic E-state index is -1.27. The van der Waals surface area contributed by atoms with Gasteiger partial charge in [0.2, 0.25) is 29.5 Å². The van der Waals surface area contributed by atoms with Crippen molar-refractivity contribution in [2.24, 2.45) is 28.9 Å². The van der Waals surface area contributed by atoms with Crippen molar-refractivity contribution in [2.45, 2.75) is 128 Å². The van der Waals surface area contributed by atoms with Gasteiger partial charge in [-0.1, -0.05) is 13.8 Å². The van der Waals surface area contributed by atoms with Gasteiger partial charge in [-0.25, -0.2) is 4.79 Å². The summed E-state index contributed by atoms with van der Waals surface area (Å²) < 4.78 is 0. The quantitative estimate of drug-likeness (QED) is 0.0440. The van der Waals surface area contributed by atoms with Gasteiger partial charge in [-0.2, -0.15) is 0 Å². The van der Waals surface area contributed by atoms with Gasteiger partial charge >= 0.3 is 5.97 Å². The standard InChI is InChI=1S/C30H59N9O8/c1-17(2)24(29(45)38-22(30(46)47)13-7-10-16-33)39-25(41)18(3)35-26(42)20(11-5-8-14-31)36-27(43)21(12-6-9-15-32)37-28(44)23(34)19(4)40/h17-24,40H,5-16,31-34H2,1-4H3,(H,35,42)(H,36,43)(H,37,44)(H,38,45)(H,39,41)(H,46,47)/t18-,19+,20-,21-,22-,23-,24-/m0/s1. The van der Waals surface area contributed by atoms with Gasteiger partial charge in [0.25, 0.3) is 0 Å². The molecular weight excluding hydrogens is 614 g/mol. The SMILES string of the molecule is CC(C)[C@H](NC(=O)[C@H](C)NC(=O)[C@H](CCCCN)NC(=O)[C@H](CCCCN)NC(=O)[C@@H](N)[C@@H](C)O)C(=O)N[C@@H](CCCCN)C(=O)O. The number of nitrogens with two attached hydrogens (primary N) is 4. The zero-order valence-corrected chi connectivity index (χ0v) is 28.3. The molecule has 0 saturated heterocycles. The average molecular weight is 674 g/mol. The Hall–Kier alpha value is -3.38. The lowest BCUT2D eigenvalue weighted by Gasteiger charge is -2.27.